The van der Waals surface area contributed by atoms with E-state index in [-0.39, 0.29) is 18.9 Å². The monoisotopic (exact) mass is 312 g/mol. The molecular weight excluding hydrogens is 295 g/mol. The van der Waals surface area contributed by atoms with Crippen LogP contribution in [0.4, 0.5) is 0 Å². The second kappa shape index (κ2) is 5.41. The van der Waals surface area contributed by atoms with Gasteiger partial charge in [0.15, 0.2) is 0 Å². The molecule has 0 N–H and O–H groups in total. The topological polar surface area (TPSA) is 34.5 Å². The predicted molar refractivity (Wildman–Crippen MR) is 72.4 cm³/mol. The van der Waals surface area contributed by atoms with Crippen LogP contribution in [0.2, 0.25) is 0 Å². The van der Waals surface area contributed by atoms with Gasteiger partial charge in [-0.05, 0) is 0 Å². The van der Waals surface area contributed by atoms with Crippen LogP contribution in [-0.2, 0) is 11.3 Å². The SMILES string of the molecule is O=c1[se]c2ccccc2n1CCN1CCOCC1. The molecule has 1 fully saturated rings. The van der Waals surface area contributed by atoms with E-state index in [1.807, 2.05) is 16.7 Å². The Morgan fingerprint density at radius 3 is 2.78 bits per heavy atom. The van der Waals surface area contributed by atoms with Crippen LogP contribution in [-0.4, -0.2) is 56.8 Å². The van der Waals surface area contributed by atoms with Crippen molar-refractivity contribution in [2.75, 3.05) is 32.8 Å². The van der Waals surface area contributed by atoms with E-state index in [9.17, 15) is 4.79 Å². The Bertz CT molecular complexity index is 584. The number of rotatable bonds is 3. The summed E-state index contributed by atoms with van der Waals surface area (Å²) in [6.07, 6.45) is 0. The Balaban J connectivity index is 1.77. The number of benzene rings is 1. The van der Waals surface area contributed by atoms with Crippen molar-refractivity contribution in [2.24, 2.45) is 0 Å². The van der Waals surface area contributed by atoms with E-state index in [0.29, 0.717) is 0 Å². The van der Waals surface area contributed by atoms with Crippen molar-refractivity contribution in [1.82, 2.24) is 9.47 Å². The van der Waals surface area contributed by atoms with E-state index < -0.39 is 0 Å². The Morgan fingerprint density at radius 2 is 1.94 bits per heavy atom. The molecule has 1 aromatic carbocycles. The van der Waals surface area contributed by atoms with Gasteiger partial charge in [0.25, 0.3) is 0 Å². The van der Waals surface area contributed by atoms with Crippen LogP contribution >= 0.6 is 0 Å². The molecule has 18 heavy (non-hydrogen) atoms. The predicted octanol–water partition coefficient (Wildman–Crippen LogP) is 0.391. The maximum atomic E-state index is 12.0. The van der Waals surface area contributed by atoms with Crippen LogP contribution in [0.25, 0.3) is 9.78 Å². The van der Waals surface area contributed by atoms with Crippen LogP contribution in [0.5, 0.6) is 0 Å². The molecule has 0 aliphatic carbocycles. The van der Waals surface area contributed by atoms with Crippen LogP contribution in [0.3, 0.4) is 0 Å². The molecule has 0 atom stereocenters. The van der Waals surface area contributed by atoms with Crippen molar-refractivity contribution in [2.45, 2.75) is 6.54 Å². The third-order valence-electron chi connectivity index (χ3n) is 3.32. The van der Waals surface area contributed by atoms with Crippen molar-refractivity contribution in [1.29, 1.82) is 0 Å². The molecule has 1 aliphatic heterocycles. The average molecular weight is 311 g/mol. The fourth-order valence-electron chi connectivity index (χ4n) is 2.29. The van der Waals surface area contributed by atoms with E-state index in [4.69, 9.17) is 4.74 Å². The molecule has 0 unspecified atom stereocenters. The number of nitrogens with zero attached hydrogens (tertiary/aromatic N) is 2. The van der Waals surface area contributed by atoms with Gasteiger partial charge < -0.3 is 0 Å². The van der Waals surface area contributed by atoms with Gasteiger partial charge in [-0.3, -0.25) is 0 Å². The number of fused-ring (bicyclic) bond motifs is 1. The zero-order valence-corrected chi connectivity index (χ0v) is 11.9. The van der Waals surface area contributed by atoms with Gasteiger partial charge in [0.2, 0.25) is 0 Å². The molecule has 0 radical (unpaired) electrons. The molecule has 3 rings (SSSR count). The summed E-state index contributed by atoms with van der Waals surface area (Å²) in [5.41, 5.74) is 1.12. The summed E-state index contributed by atoms with van der Waals surface area (Å²) in [5, 5.41) is 0. The summed E-state index contributed by atoms with van der Waals surface area (Å²) in [4.78, 5) is 14.4. The van der Waals surface area contributed by atoms with E-state index in [0.717, 1.165) is 44.9 Å². The summed E-state index contributed by atoms with van der Waals surface area (Å²) in [7, 11) is 0. The summed E-state index contributed by atoms with van der Waals surface area (Å²) in [5.74, 6) is 0. The molecule has 0 spiro atoms. The number of hydrogen-bond acceptors (Lipinski definition) is 3. The van der Waals surface area contributed by atoms with E-state index >= 15 is 0 Å². The fourth-order valence-corrected chi connectivity index (χ4v) is 4.22. The molecule has 1 aromatic heterocycles. The molecule has 0 saturated carbocycles. The van der Waals surface area contributed by atoms with Crippen molar-refractivity contribution >= 4 is 24.3 Å². The Kier molecular flexibility index (Phi) is 3.66. The van der Waals surface area contributed by atoms with Crippen molar-refractivity contribution in [3.05, 3.63) is 33.5 Å². The maximum absolute atomic E-state index is 12.0. The molecule has 2 heterocycles. The van der Waals surface area contributed by atoms with Crippen LogP contribution in [0.1, 0.15) is 0 Å². The fraction of sp³-hybridized carbons (Fsp3) is 0.462. The van der Waals surface area contributed by atoms with Crippen LogP contribution in [0.15, 0.2) is 29.1 Å². The van der Waals surface area contributed by atoms with Gasteiger partial charge in [-0.15, -0.1) is 0 Å². The molecule has 0 amide bonds. The zero-order chi connectivity index (χ0) is 12.4. The van der Waals surface area contributed by atoms with E-state index in [2.05, 4.69) is 17.0 Å². The first kappa shape index (κ1) is 12.2. The van der Waals surface area contributed by atoms with Crippen LogP contribution < -0.4 is 4.43 Å². The summed E-state index contributed by atoms with van der Waals surface area (Å²) in [6.45, 7) is 5.34. The first-order chi connectivity index (χ1) is 8.84. The Hall–Kier alpha value is -0.871. The second-order valence-electron chi connectivity index (χ2n) is 4.44. The second-order valence-corrected chi connectivity index (χ2v) is 6.53. The van der Waals surface area contributed by atoms with Crippen molar-refractivity contribution in [3.63, 3.8) is 0 Å². The number of para-hydroxylation sites is 1. The first-order valence-electron chi connectivity index (χ1n) is 6.23. The normalized spacial score (nSPS) is 17.3. The summed E-state index contributed by atoms with van der Waals surface area (Å²) < 4.78 is 8.79. The van der Waals surface area contributed by atoms with Crippen molar-refractivity contribution in [3.8, 4) is 0 Å². The Morgan fingerprint density at radius 1 is 1.17 bits per heavy atom. The minimum atomic E-state index is -0.0262. The van der Waals surface area contributed by atoms with Gasteiger partial charge in [0, 0.05) is 0 Å². The standard InChI is InChI=1S/C13H16N2O2Se/c16-13-15(6-5-14-7-9-17-10-8-14)11-3-1-2-4-12(11)18-13/h1-4H,5-10H2. The minimum absolute atomic E-state index is 0.0262. The summed E-state index contributed by atoms with van der Waals surface area (Å²) in [6, 6.07) is 8.15. The molecule has 4 nitrogen and oxygen atoms in total. The molecule has 1 aliphatic rings. The van der Waals surface area contributed by atoms with E-state index in [1.54, 1.807) is 0 Å². The number of aromatic nitrogens is 1. The zero-order valence-electron chi connectivity index (χ0n) is 10.2. The van der Waals surface area contributed by atoms with Gasteiger partial charge in [-0.25, -0.2) is 0 Å². The number of ether oxygens (including phenoxy) is 1. The van der Waals surface area contributed by atoms with Crippen LogP contribution in [0, 0.1) is 0 Å². The molecular formula is C13H16N2O2Se. The Labute approximate surface area is 112 Å². The third kappa shape index (κ3) is 2.45. The third-order valence-corrected chi connectivity index (χ3v) is 5.33. The van der Waals surface area contributed by atoms with Gasteiger partial charge >= 0.3 is 111 Å². The molecule has 2 aromatic rings. The van der Waals surface area contributed by atoms with E-state index in [1.165, 1.54) is 4.26 Å². The van der Waals surface area contributed by atoms with Crippen molar-refractivity contribution < 1.29 is 4.74 Å². The number of morpholine rings is 1. The van der Waals surface area contributed by atoms with Gasteiger partial charge in [-0.1, -0.05) is 0 Å². The molecule has 5 heteroatoms. The van der Waals surface area contributed by atoms with Gasteiger partial charge in [0.05, 0.1) is 0 Å². The molecule has 96 valence electrons. The summed E-state index contributed by atoms with van der Waals surface area (Å²) >= 11 is -0.0262. The molecule has 0 bridgehead atoms. The average Bonchev–Trinajstić information content (AvgIpc) is 2.73. The van der Waals surface area contributed by atoms with Gasteiger partial charge in [-0.2, -0.15) is 0 Å². The first-order valence-corrected chi connectivity index (χ1v) is 7.94. The molecule has 1 saturated heterocycles. The number of hydrogen-bond donors (Lipinski definition) is 0. The quantitative estimate of drug-likeness (QED) is 0.769. The van der Waals surface area contributed by atoms with Gasteiger partial charge in [0.1, 0.15) is 0 Å².